The maximum absolute atomic E-state index is 13.4. The van der Waals surface area contributed by atoms with Crippen LogP contribution in [0, 0.1) is 11.8 Å². The molecule has 2 amide bonds. The number of hydrogen-bond acceptors (Lipinski definition) is 3. The Bertz CT molecular complexity index is 1270. The lowest BCUT2D eigenvalue weighted by Crippen LogP contribution is -2.41. The molecule has 4 atom stereocenters. The highest BCUT2D eigenvalue weighted by atomic mass is 35.5. The number of rotatable bonds is 5. The molecule has 6 nitrogen and oxygen atoms in total. The van der Waals surface area contributed by atoms with Crippen molar-refractivity contribution in [3.05, 3.63) is 77.5 Å². The summed E-state index contributed by atoms with van der Waals surface area (Å²) in [7, 11) is 0. The Kier molecular flexibility index (Phi) is 4.42. The van der Waals surface area contributed by atoms with Gasteiger partial charge < -0.3 is 19.9 Å². The maximum Gasteiger partial charge on any atom is 0.231 e. The molecule has 7 heteroatoms. The lowest BCUT2D eigenvalue weighted by Gasteiger charge is -2.23. The van der Waals surface area contributed by atoms with Crippen molar-refractivity contribution in [2.24, 2.45) is 11.8 Å². The Morgan fingerprint density at radius 2 is 2.03 bits per heavy atom. The normalized spacial score (nSPS) is 28.0. The monoisotopic (exact) mass is 447 g/mol. The van der Waals surface area contributed by atoms with Gasteiger partial charge in [0.05, 0.1) is 35.2 Å². The first-order valence-corrected chi connectivity index (χ1v) is 11.2. The fraction of sp³-hybridized carbons (Fsp3) is 0.280. The number of aromatic amines is 1. The van der Waals surface area contributed by atoms with Crippen molar-refractivity contribution in [3.63, 3.8) is 0 Å². The van der Waals surface area contributed by atoms with Gasteiger partial charge in [0.2, 0.25) is 11.8 Å². The SMILES string of the molecule is O=C(Nc1ccccc1Cl)C1C2C=C[C@]3(CN(CCc4c[nH]c5ccccc45)C(=O)C13)O2. The number of nitrogens with one attached hydrogen (secondary N) is 2. The number of para-hydroxylation sites is 2. The average molecular weight is 448 g/mol. The lowest BCUT2D eigenvalue weighted by atomic mass is 9.77. The van der Waals surface area contributed by atoms with Crippen LogP contribution in [0.25, 0.3) is 10.9 Å². The summed E-state index contributed by atoms with van der Waals surface area (Å²) in [5.74, 6) is -1.33. The molecule has 162 valence electrons. The van der Waals surface area contributed by atoms with E-state index in [1.54, 1.807) is 12.1 Å². The fourth-order valence-corrected chi connectivity index (χ4v) is 5.62. The van der Waals surface area contributed by atoms with Crippen molar-refractivity contribution in [3.8, 4) is 0 Å². The van der Waals surface area contributed by atoms with E-state index in [4.69, 9.17) is 16.3 Å². The number of aromatic nitrogens is 1. The molecule has 0 aliphatic carbocycles. The number of carbonyl (C=O) groups excluding carboxylic acids is 2. The number of halogens is 1. The zero-order valence-electron chi connectivity index (χ0n) is 17.3. The Labute approximate surface area is 190 Å². The standard InChI is InChI=1S/C25H22ClN3O3/c26-17-6-2-4-8-19(17)28-23(30)21-20-9-11-25(32-20)14-29(24(31)22(21)25)12-10-15-13-27-18-7-3-1-5-16(15)18/h1-9,11,13,20-22,27H,10,12,14H2,(H,28,30)/t20?,21?,22?,25-/m1/s1. The molecule has 1 spiro atoms. The molecule has 0 radical (unpaired) electrons. The van der Waals surface area contributed by atoms with Crippen LogP contribution in [0.15, 0.2) is 66.9 Å². The third kappa shape index (κ3) is 2.90. The minimum absolute atomic E-state index is 0.0176. The number of likely N-dealkylation sites (tertiary alicyclic amines) is 1. The first kappa shape index (κ1) is 19.6. The summed E-state index contributed by atoms with van der Waals surface area (Å²) >= 11 is 6.21. The van der Waals surface area contributed by atoms with Crippen LogP contribution in [0.2, 0.25) is 5.02 Å². The van der Waals surface area contributed by atoms with Crippen LogP contribution in [0.1, 0.15) is 5.56 Å². The lowest BCUT2D eigenvalue weighted by molar-refractivity contribution is -0.135. The van der Waals surface area contributed by atoms with E-state index < -0.39 is 17.4 Å². The van der Waals surface area contributed by atoms with Gasteiger partial charge in [-0.15, -0.1) is 0 Å². The van der Waals surface area contributed by atoms with Crippen molar-refractivity contribution in [1.29, 1.82) is 0 Å². The third-order valence-corrected chi connectivity index (χ3v) is 7.27. The molecule has 2 saturated heterocycles. The second kappa shape index (κ2) is 7.22. The molecule has 32 heavy (non-hydrogen) atoms. The summed E-state index contributed by atoms with van der Waals surface area (Å²) < 4.78 is 6.22. The number of hydrogen-bond donors (Lipinski definition) is 2. The molecule has 2 N–H and O–H groups in total. The van der Waals surface area contributed by atoms with Crippen LogP contribution in [0.3, 0.4) is 0 Å². The number of ether oxygens (including phenoxy) is 1. The zero-order valence-corrected chi connectivity index (χ0v) is 18.0. The molecular weight excluding hydrogens is 426 g/mol. The molecule has 1 aromatic heterocycles. The number of H-pyrrole nitrogens is 1. The molecule has 0 saturated carbocycles. The van der Waals surface area contributed by atoms with E-state index in [1.165, 1.54) is 10.9 Å². The summed E-state index contributed by atoms with van der Waals surface area (Å²) in [5, 5.41) is 4.54. The summed E-state index contributed by atoms with van der Waals surface area (Å²) in [5.41, 5.74) is 2.09. The topological polar surface area (TPSA) is 74.4 Å². The Morgan fingerprint density at radius 3 is 2.91 bits per heavy atom. The van der Waals surface area contributed by atoms with Gasteiger partial charge in [-0.3, -0.25) is 9.59 Å². The molecule has 3 aliphatic heterocycles. The summed E-state index contributed by atoms with van der Waals surface area (Å²) in [4.78, 5) is 31.7. The highest BCUT2D eigenvalue weighted by Gasteiger charge is 2.66. The molecule has 3 aliphatic rings. The zero-order chi connectivity index (χ0) is 21.9. The van der Waals surface area contributed by atoms with E-state index in [-0.39, 0.29) is 17.9 Å². The van der Waals surface area contributed by atoms with Gasteiger partial charge in [-0.25, -0.2) is 0 Å². The van der Waals surface area contributed by atoms with E-state index in [0.717, 1.165) is 11.9 Å². The summed E-state index contributed by atoms with van der Waals surface area (Å²) in [6.45, 7) is 1.06. The second-order valence-corrected chi connectivity index (χ2v) is 9.15. The molecule has 2 aromatic carbocycles. The maximum atomic E-state index is 13.4. The van der Waals surface area contributed by atoms with Gasteiger partial charge in [-0.2, -0.15) is 0 Å². The number of fused-ring (bicyclic) bond motifs is 2. The van der Waals surface area contributed by atoms with Gasteiger partial charge in [0, 0.05) is 23.6 Å². The number of benzene rings is 2. The smallest absolute Gasteiger partial charge is 0.231 e. The highest BCUT2D eigenvalue weighted by Crippen LogP contribution is 2.52. The van der Waals surface area contributed by atoms with E-state index in [2.05, 4.69) is 16.4 Å². The minimum Gasteiger partial charge on any atom is -0.361 e. The predicted molar refractivity (Wildman–Crippen MR) is 122 cm³/mol. The number of anilines is 1. The highest BCUT2D eigenvalue weighted by molar-refractivity contribution is 6.33. The first-order valence-electron chi connectivity index (χ1n) is 10.8. The van der Waals surface area contributed by atoms with Crippen molar-refractivity contribution in [1.82, 2.24) is 9.88 Å². The van der Waals surface area contributed by atoms with Crippen LogP contribution in [0.4, 0.5) is 5.69 Å². The molecular formula is C25H22ClN3O3. The largest absolute Gasteiger partial charge is 0.361 e. The van der Waals surface area contributed by atoms with E-state index >= 15 is 0 Å². The van der Waals surface area contributed by atoms with Gasteiger partial charge in [0.25, 0.3) is 0 Å². The van der Waals surface area contributed by atoms with Gasteiger partial charge in [-0.05, 0) is 30.2 Å². The quantitative estimate of drug-likeness (QED) is 0.584. The van der Waals surface area contributed by atoms with E-state index in [1.807, 2.05) is 53.6 Å². The average Bonchev–Trinajstić information content (AvgIpc) is 3.54. The Morgan fingerprint density at radius 1 is 1.22 bits per heavy atom. The molecule has 3 unspecified atom stereocenters. The molecule has 6 rings (SSSR count). The van der Waals surface area contributed by atoms with Crippen LogP contribution in [-0.4, -0.2) is 46.5 Å². The minimum atomic E-state index is -0.718. The van der Waals surface area contributed by atoms with Crippen LogP contribution in [0.5, 0.6) is 0 Å². The Balaban J connectivity index is 1.21. The van der Waals surface area contributed by atoms with Gasteiger partial charge in [0.15, 0.2) is 0 Å². The third-order valence-electron chi connectivity index (χ3n) is 6.94. The van der Waals surface area contributed by atoms with Gasteiger partial charge in [-0.1, -0.05) is 54.1 Å². The Hall–Kier alpha value is -3.09. The van der Waals surface area contributed by atoms with Crippen molar-refractivity contribution >= 4 is 40.0 Å². The van der Waals surface area contributed by atoms with E-state index in [9.17, 15) is 9.59 Å². The second-order valence-electron chi connectivity index (χ2n) is 8.74. The van der Waals surface area contributed by atoms with Gasteiger partial charge in [0.1, 0.15) is 5.60 Å². The van der Waals surface area contributed by atoms with Crippen molar-refractivity contribution < 1.29 is 14.3 Å². The van der Waals surface area contributed by atoms with Gasteiger partial charge >= 0.3 is 0 Å². The number of nitrogens with zero attached hydrogens (tertiary/aromatic N) is 1. The molecule has 2 fully saturated rings. The number of amides is 2. The van der Waals surface area contributed by atoms with E-state index in [0.29, 0.717) is 23.8 Å². The fourth-order valence-electron chi connectivity index (χ4n) is 5.44. The van der Waals surface area contributed by atoms with Crippen LogP contribution < -0.4 is 5.32 Å². The summed E-state index contributed by atoms with van der Waals surface area (Å²) in [6, 6.07) is 15.2. The first-order chi connectivity index (χ1) is 15.6. The molecule has 4 heterocycles. The van der Waals surface area contributed by atoms with Crippen molar-refractivity contribution in [2.75, 3.05) is 18.4 Å². The number of carbonyl (C=O) groups is 2. The molecule has 3 aromatic rings. The summed E-state index contributed by atoms with van der Waals surface area (Å²) in [6.07, 6.45) is 6.26. The van der Waals surface area contributed by atoms with Crippen LogP contribution in [-0.2, 0) is 20.7 Å². The predicted octanol–water partition coefficient (Wildman–Crippen LogP) is 3.78. The molecule has 2 bridgehead atoms. The van der Waals surface area contributed by atoms with Crippen LogP contribution >= 0.6 is 11.6 Å². The van der Waals surface area contributed by atoms with Crippen molar-refractivity contribution in [2.45, 2.75) is 18.1 Å².